The van der Waals surface area contributed by atoms with Gasteiger partial charge < -0.3 is 20.6 Å². The Labute approximate surface area is 200 Å². The number of terminal acetylenes is 1. The maximum absolute atomic E-state index is 12.5. The summed E-state index contributed by atoms with van der Waals surface area (Å²) in [6, 6.07) is 9.97. The summed E-state index contributed by atoms with van der Waals surface area (Å²) in [6.45, 7) is 7.41. The number of ether oxygens (including phenoxy) is 1. The summed E-state index contributed by atoms with van der Waals surface area (Å²) in [7, 11) is 0. The lowest BCUT2D eigenvalue weighted by Gasteiger charge is -2.19. The van der Waals surface area contributed by atoms with Gasteiger partial charge in [0, 0.05) is 30.0 Å². The first-order valence-electron chi connectivity index (χ1n) is 10.3. The number of nitrogens with zero attached hydrogens (tertiary/aromatic N) is 3. The largest absolute Gasteiger partial charge is 0.447 e. The molecule has 1 atom stereocenters. The normalized spacial score (nSPS) is 14.2. The van der Waals surface area contributed by atoms with Gasteiger partial charge in [0.2, 0.25) is 0 Å². The molecule has 0 spiro atoms. The fourth-order valence-electron chi connectivity index (χ4n) is 3.52. The second-order valence-corrected chi connectivity index (χ2v) is 8.49. The Morgan fingerprint density at radius 1 is 1.32 bits per heavy atom. The van der Waals surface area contributed by atoms with Gasteiger partial charge in [0.25, 0.3) is 5.54 Å². The smallest absolute Gasteiger partial charge is 0.404 e. The van der Waals surface area contributed by atoms with Crippen LogP contribution in [0.2, 0.25) is 0 Å². The van der Waals surface area contributed by atoms with Crippen molar-refractivity contribution in [1.29, 1.82) is 0 Å². The van der Waals surface area contributed by atoms with Crippen molar-refractivity contribution in [3.63, 3.8) is 0 Å². The van der Waals surface area contributed by atoms with Crippen LogP contribution in [0.4, 0.5) is 15.4 Å². The zero-order valence-electron chi connectivity index (χ0n) is 17.9. The quantitative estimate of drug-likeness (QED) is 0.354. The Balaban J connectivity index is 1.54. The van der Waals surface area contributed by atoms with E-state index in [0.29, 0.717) is 16.4 Å². The third kappa shape index (κ3) is 4.98. The molecule has 0 saturated heterocycles. The van der Waals surface area contributed by atoms with Crippen LogP contribution >= 0.6 is 11.3 Å². The second-order valence-electron chi connectivity index (χ2n) is 7.63. The zero-order chi connectivity index (χ0) is 24.1. The van der Waals surface area contributed by atoms with Crippen molar-refractivity contribution < 1.29 is 14.3 Å². The molecule has 1 aliphatic rings. The lowest BCUT2D eigenvalue weighted by molar-refractivity contribution is 0.144. The van der Waals surface area contributed by atoms with Gasteiger partial charge in [-0.3, -0.25) is 10.3 Å². The van der Waals surface area contributed by atoms with Crippen LogP contribution in [0, 0.1) is 18.9 Å². The van der Waals surface area contributed by atoms with E-state index < -0.39 is 23.7 Å². The van der Waals surface area contributed by atoms with E-state index in [9.17, 15) is 9.59 Å². The molecule has 10 heteroatoms. The molecule has 170 valence electrons. The number of anilines is 1. The first-order valence-corrected chi connectivity index (χ1v) is 11.2. The van der Waals surface area contributed by atoms with Crippen LogP contribution in [0.15, 0.2) is 48.0 Å². The third-order valence-corrected chi connectivity index (χ3v) is 6.15. The average Bonchev–Trinajstić information content (AvgIpc) is 3.53. The van der Waals surface area contributed by atoms with Crippen LogP contribution in [0.5, 0.6) is 0 Å². The molecule has 1 aliphatic carbocycles. The molecule has 0 radical (unpaired) electrons. The van der Waals surface area contributed by atoms with E-state index in [0.717, 1.165) is 29.7 Å². The molecule has 34 heavy (non-hydrogen) atoms. The lowest BCUT2D eigenvalue weighted by atomic mass is 9.96. The Morgan fingerprint density at radius 2 is 2.09 bits per heavy atom. The lowest BCUT2D eigenvalue weighted by Crippen LogP contribution is -2.36. The van der Waals surface area contributed by atoms with Crippen molar-refractivity contribution in [1.82, 2.24) is 15.3 Å². The Hall–Kier alpha value is -4.41. The van der Waals surface area contributed by atoms with Crippen molar-refractivity contribution in [3.8, 4) is 23.5 Å². The minimum atomic E-state index is -0.948. The first kappa shape index (κ1) is 22.8. The Kier molecular flexibility index (Phi) is 6.44. The number of carbonyl (C=O) groups excluding carboxylic acids is 2. The van der Waals surface area contributed by atoms with Crippen LogP contribution in [-0.2, 0) is 10.3 Å². The van der Waals surface area contributed by atoms with E-state index in [1.807, 2.05) is 36.4 Å². The summed E-state index contributed by atoms with van der Waals surface area (Å²) in [4.78, 5) is 36.0. The van der Waals surface area contributed by atoms with E-state index in [1.54, 1.807) is 11.6 Å². The monoisotopic (exact) mass is 472 g/mol. The fourth-order valence-corrected chi connectivity index (χ4v) is 4.07. The molecule has 2 aromatic heterocycles. The highest BCUT2D eigenvalue weighted by molar-refractivity contribution is 7.10. The number of nitrogens with two attached hydrogens (primary N) is 1. The number of aromatic nitrogens is 2. The number of carbonyl (C=O) groups is 2. The van der Waals surface area contributed by atoms with Crippen LogP contribution in [0.25, 0.3) is 16.0 Å². The number of thiazole rings is 1. The van der Waals surface area contributed by atoms with E-state index in [2.05, 4.69) is 31.4 Å². The van der Waals surface area contributed by atoms with Gasteiger partial charge in [0.15, 0.2) is 5.01 Å². The molecule has 4 rings (SSSR count). The SMILES string of the molecule is [C-]#[N+]C1(c2ncccc2-c2ccc([C@H](COC(N)=O)NC(=O)Nc3csc(C#C)n3)cc2)CC1. The highest BCUT2D eigenvalue weighted by atomic mass is 32.1. The number of rotatable bonds is 7. The van der Waals surface area contributed by atoms with E-state index in [4.69, 9.17) is 23.5 Å². The van der Waals surface area contributed by atoms with Gasteiger partial charge in [-0.1, -0.05) is 30.3 Å². The number of hydrogen-bond acceptors (Lipinski definition) is 6. The molecule has 1 aromatic carbocycles. The molecule has 0 unspecified atom stereocenters. The van der Waals surface area contributed by atoms with Gasteiger partial charge in [0.05, 0.1) is 6.04 Å². The van der Waals surface area contributed by atoms with Crippen molar-refractivity contribution in [2.45, 2.75) is 24.4 Å². The summed E-state index contributed by atoms with van der Waals surface area (Å²) in [5, 5.41) is 7.43. The topological polar surface area (TPSA) is 124 Å². The molecule has 1 fully saturated rings. The van der Waals surface area contributed by atoms with E-state index in [1.165, 1.54) is 11.3 Å². The van der Waals surface area contributed by atoms with Crippen LogP contribution in [0.3, 0.4) is 0 Å². The number of urea groups is 1. The first-order chi connectivity index (χ1) is 16.4. The predicted molar refractivity (Wildman–Crippen MR) is 128 cm³/mol. The molecule has 3 amide bonds. The zero-order valence-corrected chi connectivity index (χ0v) is 18.8. The second kappa shape index (κ2) is 9.61. The number of benzene rings is 1. The van der Waals surface area contributed by atoms with Crippen LogP contribution in [0.1, 0.15) is 35.1 Å². The highest BCUT2D eigenvalue weighted by Crippen LogP contribution is 2.51. The fraction of sp³-hybridized carbons (Fsp3) is 0.208. The number of pyridine rings is 1. The van der Waals surface area contributed by atoms with Gasteiger partial charge in [-0.2, -0.15) is 0 Å². The van der Waals surface area contributed by atoms with Crippen LogP contribution < -0.4 is 16.4 Å². The van der Waals surface area contributed by atoms with E-state index >= 15 is 0 Å². The van der Waals surface area contributed by atoms with E-state index in [-0.39, 0.29) is 6.61 Å². The molecule has 4 N–H and O–H groups in total. The van der Waals surface area contributed by atoms with Crippen molar-refractivity contribution >= 4 is 29.3 Å². The number of primary amides is 1. The molecule has 9 nitrogen and oxygen atoms in total. The maximum Gasteiger partial charge on any atom is 0.404 e. The number of nitrogens with one attached hydrogen (secondary N) is 2. The third-order valence-electron chi connectivity index (χ3n) is 5.38. The molecule has 0 aliphatic heterocycles. The van der Waals surface area contributed by atoms with Gasteiger partial charge in [0.1, 0.15) is 18.1 Å². The standard InChI is InChI=1S/C24H20N6O3S/c1-3-20-29-19(14-34-20)30-23(32)28-18(13-33-22(25)31)16-8-6-15(7-9-16)17-5-4-12-27-21(17)24(26-2)10-11-24/h1,4-9,12,14,18H,10-11,13H2,(H2,25,31)(H2,28,30,32)/t18-/m0/s1. The summed E-state index contributed by atoms with van der Waals surface area (Å²) >= 11 is 1.23. The minimum Gasteiger partial charge on any atom is -0.447 e. The predicted octanol–water partition coefficient (Wildman–Crippen LogP) is 4.05. The minimum absolute atomic E-state index is 0.159. The maximum atomic E-state index is 12.5. The molecule has 0 bridgehead atoms. The Bertz CT molecular complexity index is 1300. The van der Waals surface area contributed by atoms with Crippen LogP contribution in [-0.4, -0.2) is 28.7 Å². The van der Waals surface area contributed by atoms with Gasteiger partial charge in [-0.05, 0) is 23.1 Å². The average molecular weight is 473 g/mol. The molecule has 2 heterocycles. The highest BCUT2D eigenvalue weighted by Gasteiger charge is 2.55. The summed E-state index contributed by atoms with van der Waals surface area (Å²) < 4.78 is 4.95. The number of amides is 3. The van der Waals surface area contributed by atoms with Crippen molar-refractivity contribution in [2.24, 2.45) is 5.73 Å². The van der Waals surface area contributed by atoms with Gasteiger partial charge in [-0.25, -0.2) is 21.1 Å². The molecule has 1 saturated carbocycles. The van der Waals surface area contributed by atoms with Gasteiger partial charge in [-0.15, -0.1) is 17.8 Å². The van der Waals surface area contributed by atoms with Crippen molar-refractivity contribution in [2.75, 3.05) is 11.9 Å². The molecule has 3 aromatic rings. The number of hydrogen-bond donors (Lipinski definition) is 3. The van der Waals surface area contributed by atoms with Crippen molar-refractivity contribution in [3.05, 3.63) is 75.7 Å². The molecular weight excluding hydrogens is 452 g/mol. The molecular formula is C24H20N6O3S. The Morgan fingerprint density at radius 3 is 2.71 bits per heavy atom. The summed E-state index contributed by atoms with van der Waals surface area (Å²) in [6.07, 6.45) is 7.66. The summed E-state index contributed by atoms with van der Waals surface area (Å²) in [5.41, 5.74) is 7.84. The summed E-state index contributed by atoms with van der Waals surface area (Å²) in [5.74, 6) is 2.72. The van der Waals surface area contributed by atoms with Gasteiger partial charge >= 0.3 is 12.1 Å².